The number of nitrogens with one attached hydrogen (secondary N) is 2. The molecule has 1 atom stereocenters. The van der Waals surface area contributed by atoms with E-state index in [1.165, 1.54) is 24.2 Å². The molecule has 1 aromatic rings. The molecule has 1 fully saturated rings. The predicted molar refractivity (Wildman–Crippen MR) is 77.7 cm³/mol. The van der Waals surface area contributed by atoms with E-state index in [2.05, 4.69) is 15.0 Å². The highest BCUT2D eigenvalue weighted by atomic mass is 32.2. The molecule has 1 unspecified atom stereocenters. The second kappa shape index (κ2) is 6.78. The van der Waals surface area contributed by atoms with E-state index in [1.807, 2.05) is 12.3 Å². The van der Waals surface area contributed by atoms with Crippen molar-refractivity contribution in [1.29, 1.82) is 0 Å². The van der Waals surface area contributed by atoms with Crippen LogP contribution in [0.15, 0.2) is 5.38 Å². The van der Waals surface area contributed by atoms with E-state index in [9.17, 15) is 8.42 Å². The minimum absolute atomic E-state index is 0.188. The van der Waals surface area contributed by atoms with Gasteiger partial charge in [-0.15, -0.1) is 11.3 Å². The lowest BCUT2D eigenvalue weighted by molar-refractivity contribution is 0.392. The van der Waals surface area contributed by atoms with Crippen LogP contribution in [0.5, 0.6) is 0 Å². The number of thiazole rings is 1. The summed E-state index contributed by atoms with van der Waals surface area (Å²) in [6, 6.07) is 0.354. The Morgan fingerprint density at radius 2 is 2.37 bits per heavy atom. The van der Waals surface area contributed by atoms with Crippen LogP contribution in [-0.2, 0) is 16.6 Å². The third-order valence-electron chi connectivity index (χ3n) is 3.29. The van der Waals surface area contributed by atoms with Gasteiger partial charge in [0.1, 0.15) is 0 Å². The van der Waals surface area contributed by atoms with E-state index in [-0.39, 0.29) is 5.75 Å². The second-order valence-corrected chi connectivity index (χ2v) is 7.92. The minimum atomic E-state index is -3.20. The number of aromatic nitrogens is 1. The summed E-state index contributed by atoms with van der Waals surface area (Å²) in [5.41, 5.74) is 0.793. The van der Waals surface area contributed by atoms with Gasteiger partial charge in [0.25, 0.3) is 0 Å². The number of rotatable bonds is 6. The average molecular weight is 303 g/mol. The first-order valence-corrected chi connectivity index (χ1v) is 9.20. The van der Waals surface area contributed by atoms with Crippen LogP contribution in [0.3, 0.4) is 0 Å². The van der Waals surface area contributed by atoms with Gasteiger partial charge in [-0.25, -0.2) is 18.1 Å². The fraction of sp³-hybridized carbons (Fsp3) is 0.750. The Morgan fingerprint density at radius 1 is 1.53 bits per heavy atom. The van der Waals surface area contributed by atoms with Crippen LogP contribution in [0.25, 0.3) is 0 Å². The SMILES string of the molecule is Cc1nc(CNS(=O)(=O)CCC2CCCCN2)cs1. The van der Waals surface area contributed by atoms with Crippen LogP contribution >= 0.6 is 11.3 Å². The molecule has 0 saturated carbocycles. The van der Waals surface area contributed by atoms with E-state index in [0.717, 1.165) is 23.7 Å². The van der Waals surface area contributed by atoms with Crippen LogP contribution in [-0.4, -0.2) is 31.7 Å². The van der Waals surface area contributed by atoms with Gasteiger partial charge in [0.15, 0.2) is 0 Å². The van der Waals surface area contributed by atoms with Crippen molar-refractivity contribution in [2.24, 2.45) is 0 Å². The van der Waals surface area contributed by atoms with Gasteiger partial charge in [0.05, 0.1) is 23.0 Å². The van der Waals surface area contributed by atoms with Gasteiger partial charge in [-0.3, -0.25) is 0 Å². The Hall–Kier alpha value is -0.500. The van der Waals surface area contributed by atoms with Crippen LogP contribution < -0.4 is 10.0 Å². The summed E-state index contributed by atoms with van der Waals surface area (Å²) in [5, 5.41) is 6.21. The molecule has 2 N–H and O–H groups in total. The van der Waals surface area contributed by atoms with E-state index < -0.39 is 10.0 Å². The summed E-state index contributed by atoms with van der Waals surface area (Å²) in [6.07, 6.45) is 4.17. The highest BCUT2D eigenvalue weighted by Crippen LogP contribution is 2.11. The Labute approximate surface area is 118 Å². The molecular formula is C12H21N3O2S2. The normalized spacial score (nSPS) is 20.6. The largest absolute Gasteiger partial charge is 0.314 e. The van der Waals surface area contributed by atoms with Gasteiger partial charge in [0, 0.05) is 11.4 Å². The lowest BCUT2D eigenvalue weighted by atomic mass is 10.0. The van der Waals surface area contributed by atoms with E-state index in [4.69, 9.17) is 0 Å². The van der Waals surface area contributed by atoms with Gasteiger partial charge < -0.3 is 5.32 Å². The molecule has 5 nitrogen and oxygen atoms in total. The summed E-state index contributed by atoms with van der Waals surface area (Å²) in [6.45, 7) is 3.22. The van der Waals surface area contributed by atoms with E-state index in [1.54, 1.807) is 0 Å². The smallest absolute Gasteiger partial charge is 0.212 e. The van der Waals surface area contributed by atoms with E-state index in [0.29, 0.717) is 19.0 Å². The van der Waals surface area contributed by atoms with Crippen molar-refractivity contribution in [2.45, 2.75) is 45.2 Å². The van der Waals surface area contributed by atoms with Crippen molar-refractivity contribution in [3.05, 3.63) is 16.1 Å². The van der Waals surface area contributed by atoms with Gasteiger partial charge in [-0.1, -0.05) is 6.42 Å². The van der Waals surface area contributed by atoms with Gasteiger partial charge >= 0.3 is 0 Å². The summed E-state index contributed by atoms with van der Waals surface area (Å²) in [7, 11) is -3.20. The maximum atomic E-state index is 11.9. The number of nitrogens with zero attached hydrogens (tertiary/aromatic N) is 1. The lowest BCUT2D eigenvalue weighted by Crippen LogP contribution is -2.37. The molecular weight excluding hydrogens is 282 g/mol. The van der Waals surface area contributed by atoms with Gasteiger partial charge in [-0.2, -0.15) is 0 Å². The molecule has 0 aromatic carbocycles. The average Bonchev–Trinajstić information content (AvgIpc) is 2.82. The number of hydrogen-bond donors (Lipinski definition) is 2. The molecule has 2 rings (SSSR count). The minimum Gasteiger partial charge on any atom is -0.314 e. The van der Waals surface area contributed by atoms with Crippen LogP contribution in [0.4, 0.5) is 0 Å². The zero-order valence-electron chi connectivity index (χ0n) is 11.2. The highest BCUT2D eigenvalue weighted by molar-refractivity contribution is 7.89. The van der Waals surface area contributed by atoms with Crippen LogP contribution in [0.2, 0.25) is 0 Å². The van der Waals surface area contributed by atoms with E-state index >= 15 is 0 Å². The zero-order valence-corrected chi connectivity index (χ0v) is 12.8. The molecule has 0 radical (unpaired) electrons. The first-order chi connectivity index (χ1) is 9.05. The van der Waals surface area contributed by atoms with Crippen molar-refractivity contribution in [1.82, 2.24) is 15.0 Å². The first kappa shape index (κ1) is 14.9. The van der Waals surface area contributed by atoms with Gasteiger partial charge in [-0.05, 0) is 32.7 Å². The monoisotopic (exact) mass is 303 g/mol. The zero-order chi connectivity index (χ0) is 13.7. The standard InChI is InChI=1S/C12H21N3O2S2/c1-10-15-12(9-18-10)8-14-19(16,17)7-5-11-4-2-3-6-13-11/h9,11,13-14H,2-8H2,1H3. The fourth-order valence-electron chi connectivity index (χ4n) is 2.21. The van der Waals surface area contributed by atoms with Crippen molar-refractivity contribution in [3.8, 4) is 0 Å². The van der Waals surface area contributed by atoms with Gasteiger partial charge in [0.2, 0.25) is 10.0 Å². The topological polar surface area (TPSA) is 71.1 Å². The molecule has 7 heteroatoms. The number of sulfonamides is 1. The summed E-state index contributed by atoms with van der Waals surface area (Å²) >= 11 is 1.54. The quantitative estimate of drug-likeness (QED) is 0.833. The number of hydrogen-bond acceptors (Lipinski definition) is 5. The van der Waals surface area contributed by atoms with Crippen LogP contribution in [0.1, 0.15) is 36.4 Å². The molecule has 19 heavy (non-hydrogen) atoms. The highest BCUT2D eigenvalue weighted by Gasteiger charge is 2.17. The van der Waals surface area contributed by atoms with Crippen molar-refractivity contribution < 1.29 is 8.42 Å². The Kier molecular flexibility index (Phi) is 5.32. The molecule has 0 bridgehead atoms. The molecule has 2 heterocycles. The molecule has 1 aliphatic heterocycles. The third kappa shape index (κ3) is 5.18. The molecule has 108 valence electrons. The second-order valence-electron chi connectivity index (χ2n) is 4.93. The van der Waals surface area contributed by atoms with Crippen molar-refractivity contribution in [3.63, 3.8) is 0 Å². The predicted octanol–water partition coefficient (Wildman–Crippen LogP) is 1.40. The Balaban J connectivity index is 1.75. The number of aryl methyl sites for hydroxylation is 1. The van der Waals surface area contributed by atoms with Crippen molar-refractivity contribution >= 4 is 21.4 Å². The number of piperidine rings is 1. The maximum absolute atomic E-state index is 11.9. The molecule has 1 aromatic heterocycles. The Morgan fingerprint density at radius 3 is 3.00 bits per heavy atom. The van der Waals surface area contributed by atoms with Crippen molar-refractivity contribution in [2.75, 3.05) is 12.3 Å². The lowest BCUT2D eigenvalue weighted by Gasteiger charge is -2.23. The molecule has 0 spiro atoms. The molecule has 0 amide bonds. The summed E-state index contributed by atoms with van der Waals surface area (Å²) in [4.78, 5) is 4.24. The Bertz CT molecular complexity index is 493. The first-order valence-electron chi connectivity index (χ1n) is 6.67. The molecule has 1 aliphatic rings. The molecule has 0 aliphatic carbocycles. The maximum Gasteiger partial charge on any atom is 0.212 e. The summed E-state index contributed by atoms with van der Waals surface area (Å²) < 4.78 is 26.4. The summed E-state index contributed by atoms with van der Waals surface area (Å²) in [5.74, 6) is 0.188. The fourth-order valence-corrected chi connectivity index (χ4v) is 3.93. The third-order valence-corrected chi connectivity index (χ3v) is 5.47. The molecule has 1 saturated heterocycles. The van der Waals surface area contributed by atoms with Crippen LogP contribution in [0, 0.1) is 6.92 Å².